The van der Waals surface area contributed by atoms with Gasteiger partial charge < -0.3 is 5.73 Å². The van der Waals surface area contributed by atoms with Crippen molar-refractivity contribution in [2.24, 2.45) is 5.10 Å². The van der Waals surface area contributed by atoms with Crippen LogP contribution in [0.15, 0.2) is 29.4 Å². The Morgan fingerprint density at radius 3 is 3.05 bits per heavy atom. The number of benzene rings is 1. The van der Waals surface area contributed by atoms with Gasteiger partial charge in [0.1, 0.15) is 5.01 Å². The molecule has 0 saturated heterocycles. The Labute approximate surface area is 114 Å². The van der Waals surface area contributed by atoms with Gasteiger partial charge in [-0.15, -0.1) is 10.2 Å². The van der Waals surface area contributed by atoms with Gasteiger partial charge in [0.15, 0.2) is 0 Å². The summed E-state index contributed by atoms with van der Waals surface area (Å²) in [6, 6.07) is 7.81. The normalized spacial score (nSPS) is 10.8. The molecule has 3 N–H and O–H groups in total. The molecular weight excluding hydrogens is 262 g/mol. The lowest BCUT2D eigenvalue weighted by atomic mass is 10.2. The van der Waals surface area contributed by atoms with Crippen LogP contribution in [-0.4, -0.2) is 22.3 Å². The Hall–Kier alpha value is -2.28. The number of nitrogen functional groups attached to an aromatic ring is 1. The van der Waals surface area contributed by atoms with Gasteiger partial charge in [0.2, 0.25) is 11.0 Å². The van der Waals surface area contributed by atoms with Crippen molar-refractivity contribution < 1.29 is 4.79 Å². The molecule has 0 bridgehead atoms. The molecule has 6 nitrogen and oxygen atoms in total. The number of hydrogen-bond acceptors (Lipinski definition) is 6. The molecule has 7 heteroatoms. The predicted molar refractivity (Wildman–Crippen MR) is 74.9 cm³/mol. The van der Waals surface area contributed by atoms with Gasteiger partial charge in [-0.3, -0.25) is 4.79 Å². The number of hydrogen-bond donors (Lipinski definition) is 2. The number of anilines is 1. The number of rotatable bonds is 4. The number of nitrogens with zero attached hydrogens (tertiary/aromatic N) is 3. The lowest BCUT2D eigenvalue weighted by molar-refractivity contribution is -0.120. The third-order valence-electron chi connectivity index (χ3n) is 2.24. The Morgan fingerprint density at radius 1 is 1.53 bits per heavy atom. The zero-order valence-corrected chi connectivity index (χ0v) is 11.1. The van der Waals surface area contributed by atoms with Crippen molar-refractivity contribution in [2.45, 2.75) is 13.3 Å². The Balaban J connectivity index is 1.86. The summed E-state index contributed by atoms with van der Waals surface area (Å²) in [5.74, 6) is -0.250. The van der Waals surface area contributed by atoms with E-state index in [1.165, 1.54) is 11.3 Å². The van der Waals surface area contributed by atoms with E-state index >= 15 is 0 Å². The lowest BCUT2D eigenvalue weighted by Gasteiger charge is -1.97. The van der Waals surface area contributed by atoms with E-state index in [0.717, 1.165) is 11.1 Å². The highest BCUT2D eigenvalue weighted by atomic mass is 32.1. The molecule has 0 spiro atoms. The second-order valence-corrected chi connectivity index (χ2v) is 5.01. The summed E-state index contributed by atoms with van der Waals surface area (Å²) < 4.78 is 0. The maximum absolute atomic E-state index is 11.6. The van der Waals surface area contributed by atoms with E-state index in [0.29, 0.717) is 10.1 Å². The minimum absolute atomic E-state index is 0.125. The minimum atomic E-state index is -0.250. The lowest BCUT2D eigenvalue weighted by Crippen LogP contribution is -2.19. The van der Waals surface area contributed by atoms with Gasteiger partial charge >= 0.3 is 0 Å². The predicted octanol–water partition coefficient (Wildman–Crippen LogP) is 1.12. The molecule has 0 aliphatic rings. The van der Waals surface area contributed by atoms with Crippen molar-refractivity contribution in [3.05, 3.63) is 40.4 Å². The zero-order chi connectivity index (χ0) is 13.7. The topological polar surface area (TPSA) is 93.3 Å². The molecule has 1 aromatic heterocycles. The maximum Gasteiger partial charge on any atom is 0.247 e. The van der Waals surface area contributed by atoms with Crippen molar-refractivity contribution in [2.75, 3.05) is 5.73 Å². The van der Waals surface area contributed by atoms with E-state index in [1.54, 1.807) is 6.21 Å². The van der Waals surface area contributed by atoms with Crippen LogP contribution in [0.25, 0.3) is 0 Å². The molecular formula is C12H13N5OS. The molecule has 2 aromatic rings. The number of nitrogens with two attached hydrogens (primary N) is 1. The fourth-order valence-corrected chi connectivity index (χ4v) is 2.05. The minimum Gasteiger partial charge on any atom is -0.374 e. The SMILES string of the molecule is Cc1cccc(/C=N/NC(=O)Cc2nnc(N)s2)c1. The molecule has 0 atom stereocenters. The number of aromatic nitrogens is 2. The van der Waals surface area contributed by atoms with Gasteiger partial charge in [0, 0.05) is 0 Å². The van der Waals surface area contributed by atoms with Crippen LogP contribution in [0.3, 0.4) is 0 Å². The van der Waals surface area contributed by atoms with Crippen molar-refractivity contribution in [1.82, 2.24) is 15.6 Å². The molecule has 2 rings (SSSR count). The first-order valence-corrected chi connectivity index (χ1v) is 6.41. The van der Waals surface area contributed by atoms with E-state index in [1.807, 2.05) is 31.2 Å². The average Bonchev–Trinajstić information content (AvgIpc) is 2.75. The third kappa shape index (κ3) is 4.14. The molecule has 0 saturated carbocycles. The summed E-state index contributed by atoms with van der Waals surface area (Å²) >= 11 is 1.19. The maximum atomic E-state index is 11.6. The number of aryl methyl sites for hydroxylation is 1. The Kier molecular flexibility index (Phi) is 4.19. The van der Waals surface area contributed by atoms with Crippen LogP contribution in [0.1, 0.15) is 16.1 Å². The highest BCUT2D eigenvalue weighted by molar-refractivity contribution is 7.15. The number of carbonyl (C=O) groups excluding carboxylic acids is 1. The first-order chi connectivity index (χ1) is 9.13. The van der Waals surface area contributed by atoms with E-state index in [4.69, 9.17) is 5.73 Å². The van der Waals surface area contributed by atoms with Crippen LogP contribution in [0.2, 0.25) is 0 Å². The van der Waals surface area contributed by atoms with Crippen molar-refractivity contribution in [3.8, 4) is 0 Å². The highest BCUT2D eigenvalue weighted by Crippen LogP contribution is 2.10. The standard InChI is InChI=1S/C12H13N5OS/c1-8-3-2-4-9(5-8)7-14-15-10(18)6-11-16-17-12(13)19-11/h2-5,7H,6H2,1H3,(H2,13,17)(H,15,18)/b14-7+. The van der Waals surface area contributed by atoms with Crippen molar-refractivity contribution in [1.29, 1.82) is 0 Å². The van der Waals surface area contributed by atoms with Crippen LogP contribution in [0.4, 0.5) is 5.13 Å². The summed E-state index contributed by atoms with van der Waals surface area (Å²) in [5.41, 5.74) is 9.93. The molecule has 0 fully saturated rings. The van der Waals surface area contributed by atoms with Crippen LogP contribution < -0.4 is 11.2 Å². The van der Waals surface area contributed by atoms with Gasteiger partial charge in [0.25, 0.3) is 0 Å². The average molecular weight is 275 g/mol. The summed E-state index contributed by atoms with van der Waals surface area (Å²) in [7, 11) is 0. The molecule has 98 valence electrons. The molecule has 19 heavy (non-hydrogen) atoms. The molecule has 1 heterocycles. The molecule has 0 aliphatic carbocycles. The van der Waals surface area contributed by atoms with Gasteiger partial charge in [-0.2, -0.15) is 5.10 Å². The van der Waals surface area contributed by atoms with Crippen LogP contribution in [-0.2, 0) is 11.2 Å². The van der Waals surface area contributed by atoms with E-state index in [2.05, 4.69) is 20.7 Å². The van der Waals surface area contributed by atoms with Crippen LogP contribution in [0.5, 0.6) is 0 Å². The fraction of sp³-hybridized carbons (Fsp3) is 0.167. The first-order valence-electron chi connectivity index (χ1n) is 5.60. The quantitative estimate of drug-likeness (QED) is 0.646. The van der Waals surface area contributed by atoms with Gasteiger partial charge in [-0.25, -0.2) is 5.43 Å². The summed E-state index contributed by atoms with van der Waals surface area (Å²) in [6.45, 7) is 2.00. The molecule has 0 unspecified atom stereocenters. The smallest absolute Gasteiger partial charge is 0.247 e. The molecule has 0 aliphatic heterocycles. The number of nitrogens with one attached hydrogen (secondary N) is 1. The van der Waals surface area contributed by atoms with E-state index < -0.39 is 0 Å². The summed E-state index contributed by atoms with van der Waals surface area (Å²) in [6.07, 6.45) is 1.72. The van der Waals surface area contributed by atoms with Crippen molar-refractivity contribution >= 4 is 28.6 Å². The third-order valence-corrected chi connectivity index (χ3v) is 2.99. The van der Waals surface area contributed by atoms with Gasteiger partial charge in [0.05, 0.1) is 12.6 Å². The highest BCUT2D eigenvalue weighted by Gasteiger charge is 2.06. The number of carbonyl (C=O) groups is 1. The summed E-state index contributed by atoms with van der Waals surface area (Å²) in [5, 5.41) is 12.2. The monoisotopic (exact) mass is 275 g/mol. The van der Waals surface area contributed by atoms with E-state index in [-0.39, 0.29) is 12.3 Å². The number of hydrazone groups is 1. The second-order valence-electron chi connectivity index (χ2n) is 3.92. The van der Waals surface area contributed by atoms with Crippen LogP contribution >= 0.6 is 11.3 Å². The van der Waals surface area contributed by atoms with Gasteiger partial charge in [-0.1, -0.05) is 41.2 Å². The fourth-order valence-electron chi connectivity index (χ4n) is 1.44. The molecule has 1 amide bonds. The summed E-state index contributed by atoms with van der Waals surface area (Å²) in [4.78, 5) is 11.6. The largest absolute Gasteiger partial charge is 0.374 e. The van der Waals surface area contributed by atoms with Gasteiger partial charge in [-0.05, 0) is 12.5 Å². The van der Waals surface area contributed by atoms with Crippen LogP contribution in [0, 0.1) is 6.92 Å². The number of amides is 1. The molecule has 1 aromatic carbocycles. The Bertz CT molecular complexity index is 608. The molecule has 0 radical (unpaired) electrons. The zero-order valence-electron chi connectivity index (χ0n) is 10.3. The first kappa shape index (κ1) is 13.2. The second kappa shape index (κ2) is 6.05. The van der Waals surface area contributed by atoms with Crippen molar-refractivity contribution in [3.63, 3.8) is 0 Å². The van der Waals surface area contributed by atoms with E-state index in [9.17, 15) is 4.79 Å². The Morgan fingerprint density at radius 2 is 2.37 bits per heavy atom.